The van der Waals surface area contributed by atoms with Gasteiger partial charge in [0.1, 0.15) is 6.61 Å². The van der Waals surface area contributed by atoms with Gasteiger partial charge in [-0.3, -0.25) is 0 Å². The van der Waals surface area contributed by atoms with Crippen molar-refractivity contribution in [2.75, 3.05) is 26.1 Å². The Hall–Kier alpha value is -2.58. The highest BCUT2D eigenvalue weighted by Gasteiger charge is 2.04. The topological polar surface area (TPSA) is 70.3 Å². The minimum Gasteiger partial charge on any atom is -0.487 e. The van der Waals surface area contributed by atoms with Gasteiger partial charge in [-0.25, -0.2) is 9.97 Å². The summed E-state index contributed by atoms with van der Waals surface area (Å²) < 4.78 is 10.4. The lowest BCUT2D eigenvalue weighted by atomic mass is 10.2. The quantitative estimate of drug-likeness (QED) is 0.672. The van der Waals surface area contributed by atoms with Crippen molar-refractivity contribution >= 4 is 5.95 Å². The van der Waals surface area contributed by atoms with Crippen LogP contribution < -0.4 is 10.5 Å². The summed E-state index contributed by atoms with van der Waals surface area (Å²) in [6, 6.07) is 9.63. The standard InChI is InChI=1S/C15H15N3O2/c1-19-9-10-20-14-11-17-15(16)18-13(14)8-7-12-5-3-2-4-6-12/h2-6,11H,9-10H2,1H3,(H2,16,17,18). The largest absolute Gasteiger partial charge is 0.487 e. The van der Waals surface area contributed by atoms with E-state index in [2.05, 4.69) is 21.8 Å². The molecule has 0 fully saturated rings. The molecule has 20 heavy (non-hydrogen) atoms. The normalized spacial score (nSPS) is 9.65. The van der Waals surface area contributed by atoms with E-state index in [0.717, 1.165) is 5.56 Å². The number of ether oxygens (including phenoxy) is 2. The highest BCUT2D eigenvalue weighted by atomic mass is 16.5. The number of hydrogen-bond acceptors (Lipinski definition) is 5. The molecule has 0 aliphatic carbocycles. The van der Waals surface area contributed by atoms with E-state index in [0.29, 0.717) is 24.7 Å². The fourth-order valence-electron chi connectivity index (χ4n) is 1.47. The van der Waals surface area contributed by atoms with Crippen LogP contribution in [0.4, 0.5) is 5.95 Å². The molecule has 0 atom stereocenters. The van der Waals surface area contributed by atoms with Crippen molar-refractivity contribution in [2.24, 2.45) is 0 Å². The molecule has 0 aliphatic heterocycles. The second kappa shape index (κ2) is 7.12. The third-order valence-electron chi connectivity index (χ3n) is 2.42. The van der Waals surface area contributed by atoms with Crippen LogP contribution in [0.2, 0.25) is 0 Å². The highest BCUT2D eigenvalue weighted by Crippen LogP contribution is 2.14. The molecule has 0 radical (unpaired) electrons. The molecule has 0 aliphatic rings. The molecule has 5 heteroatoms. The van der Waals surface area contributed by atoms with Gasteiger partial charge in [0.15, 0.2) is 11.4 Å². The first-order chi connectivity index (χ1) is 9.79. The van der Waals surface area contributed by atoms with Crippen molar-refractivity contribution in [3.05, 3.63) is 47.8 Å². The van der Waals surface area contributed by atoms with Gasteiger partial charge in [-0.05, 0) is 18.1 Å². The van der Waals surface area contributed by atoms with Crippen molar-refractivity contribution in [1.82, 2.24) is 9.97 Å². The first kappa shape index (κ1) is 13.8. The molecule has 0 amide bonds. The average molecular weight is 269 g/mol. The molecule has 0 unspecified atom stereocenters. The van der Waals surface area contributed by atoms with Gasteiger partial charge in [0.05, 0.1) is 12.8 Å². The fraction of sp³-hybridized carbons (Fsp3) is 0.200. The predicted octanol–water partition coefficient (Wildman–Crippen LogP) is 1.48. The Labute approximate surface area is 117 Å². The van der Waals surface area contributed by atoms with Gasteiger partial charge >= 0.3 is 0 Å². The summed E-state index contributed by atoms with van der Waals surface area (Å²) in [6.45, 7) is 0.889. The smallest absolute Gasteiger partial charge is 0.221 e. The lowest BCUT2D eigenvalue weighted by Crippen LogP contribution is -2.07. The van der Waals surface area contributed by atoms with Gasteiger partial charge in [0.2, 0.25) is 5.95 Å². The summed E-state index contributed by atoms with van der Waals surface area (Å²) in [6.07, 6.45) is 1.52. The molecule has 2 N–H and O–H groups in total. The summed E-state index contributed by atoms with van der Waals surface area (Å²) in [7, 11) is 1.61. The van der Waals surface area contributed by atoms with Gasteiger partial charge in [-0.1, -0.05) is 24.1 Å². The number of anilines is 1. The van der Waals surface area contributed by atoms with Gasteiger partial charge in [0, 0.05) is 12.7 Å². The van der Waals surface area contributed by atoms with E-state index in [9.17, 15) is 0 Å². The summed E-state index contributed by atoms with van der Waals surface area (Å²) in [4.78, 5) is 8.00. The van der Waals surface area contributed by atoms with Crippen molar-refractivity contribution in [2.45, 2.75) is 0 Å². The fourth-order valence-corrected chi connectivity index (χ4v) is 1.47. The molecule has 2 rings (SSSR count). The number of rotatable bonds is 4. The van der Waals surface area contributed by atoms with E-state index >= 15 is 0 Å². The minimum absolute atomic E-state index is 0.168. The predicted molar refractivity (Wildman–Crippen MR) is 76.2 cm³/mol. The Morgan fingerprint density at radius 3 is 2.70 bits per heavy atom. The van der Waals surface area contributed by atoms with Crippen LogP contribution in [0.1, 0.15) is 11.3 Å². The molecule has 102 valence electrons. The minimum atomic E-state index is 0.168. The molecule has 1 heterocycles. The summed E-state index contributed by atoms with van der Waals surface area (Å²) in [5, 5.41) is 0. The monoisotopic (exact) mass is 269 g/mol. The maximum atomic E-state index is 5.58. The Bertz CT molecular complexity index is 618. The molecule has 0 bridgehead atoms. The Balaban J connectivity index is 2.21. The number of methoxy groups -OCH3 is 1. The third kappa shape index (κ3) is 3.97. The zero-order valence-corrected chi connectivity index (χ0v) is 11.2. The van der Waals surface area contributed by atoms with E-state index < -0.39 is 0 Å². The molecule has 0 spiro atoms. The van der Waals surface area contributed by atoms with Gasteiger partial charge in [-0.15, -0.1) is 0 Å². The molecule has 0 saturated carbocycles. The first-order valence-electron chi connectivity index (χ1n) is 6.11. The number of benzene rings is 1. The SMILES string of the molecule is COCCOc1cnc(N)nc1C#Cc1ccccc1. The van der Waals surface area contributed by atoms with Crippen LogP contribution in [0.5, 0.6) is 5.75 Å². The number of nitrogens with two attached hydrogens (primary N) is 1. The van der Waals surface area contributed by atoms with E-state index in [1.54, 1.807) is 7.11 Å². The van der Waals surface area contributed by atoms with Crippen LogP contribution in [0.25, 0.3) is 0 Å². The molecular weight excluding hydrogens is 254 g/mol. The van der Waals surface area contributed by atoms with Crippen molar-refractivity contribution in [1.29, 1.82) is 0 Å². The van der Waals surface area contributed by atoms with Crippen molar-refractivity contribution < 1.29 is 9.47 Å². The third-order valence-corrected chi connectivity index (χ3v) is 2.42. The maximum Gasteiger partial charge on any atom is 0.221 e. The van der Waals surface area contributed by atoms with Crippen LogP contribution in [0.15, 0.2) is 36.5 Å². The molecule has 2 aromatic rings. The highest BCUT2D eigenvalue weighted by molar-refractivity contribution is 5.46. The molecule has 5 nitrogen and oxygen atoms in total. The average Bonchev–Trinajstić information content (AvgIpc) is 2.48. The number of hydrogen-bond donors (Lipinski definition) is 1. The second-order valence-corrected chi connectivity index (χ2v) is 3.90. The van der Waals surface area contributed by atoms with E-state index in [1.807, 2.05) is 30.3 Å². The van der Waals surface area contributed by atoms with Crippen LogP contribution in [0.3, 0.4) is 0 Å². The molecular formula is C15H15N3O2. The zero-order chi connectivity index (χ0) is 14.2. The number of nitrogens with zero attached hydrogens (tertiary/aromatic N) is 2. The van der Waals surface area contributed by atoms with Gasteiger partial charge in [0.25, 0.3) is 0 Å². The summed E-state index contributed by atoms with van der Waals surface area (Å²) >= 11 is 0. The lowest BCUT2D eigenvalue weighted by Gasteiger charge is -2.06. The van der Waals surface area contributed by atoms with Crippen molar-refractivity contribution in [3.8, 4) is 17.6 Å². The molecule has 1 aromatic heterocycles. The van der Waals surface area contributed by atoms with E-state index in [-0.39, 0.29) is 5.95 Å². The molecule has 1 aromatic carbocycles. The number of aromatic nitrogens is 2. The second-order valence-electron chi connectivity index (χ2n) is 3.90. The van der Waals surface area contributed by atoms with Gasteiger partial charge in [-0.2, -0.15) is 0 Å². The van der Waals surface area contributed by atoms with E-state index in [1.165, 1.54) is 6.20 Å². The van der Waals surface area contributed by atoms with E-state index in [4.69, 9.17) is 15.2 Å². The number of nitrogen functional groups attached to an aromatic ring is 1. The van der Waals surface area contributed by atoms with Crippen LogP contribution in [0, 0.1) is 11.8 Å². The first-order valence-corrected chi connectivity index (χ1v) is 6.11. The Morgan fingerprint density at radius 2 is 1.95 bits per heavy atom. The Kier molecular flexibility index (Phi) is 4.93. The van der Waals surface area contributed by atoms with Crippen LogP contribution in [-0.4, -0.2) is 30.3 Å². The van der Waals surface area contributed by atoms with Crippen LogP contribution in [-0.2, 0) is 4.74 Å². The summed E-state index contributed by atoms with van der Waals surface area (Å²) in [5.41, 5.74) is 6.95. The van der Waals surface area contributed by atoms with Gasteiger partial charge < -0.3 is 15.2 Å². The zero-order valence-electron chi connectivity index (χ0n) is 11.2. The summed E-state index contributed by atoms with van der Waals surface area (Å²) in [5.74, 6) is 6.63. The Morgan fingerprint density at radius 1 is 1.15 bits per heavy atom. The maximum absolute atomic E-state index is 5.58. The molecule has 0 saturated heterocycles. The van der Waals surface area contributed by atoms with Crippen LogP contribution >= 0.6 is 0 Å². The lowest BCUT2D eigenvalue weighted by molar-refractivity contribution is 0.145. The van der Waals surface area contributed by atoms with Crippen molar-refractivity contribution in [3.63, 3.8) is 0 Å².